The standard InChI is InChI=1S/C2H6N2O2/c1-4(5)3-6-2/h1-2H3. The van der Waals surface area contributed by atoms with E-state index in [4.69, 9.17) is 0 Å². The van der Waals surface area contributed by atoms with Crippen LogP contribution in [0.25, 0.3) is 0 Å². The van der Waals surface area contributed by atoms with Crippen LogP contribution >= 0.6 is 0 Å². The molecule has 6 heavy (non-hydrogen) atoms. The Bertz CT molecular complexity index is 56.6. The minimum absolute atomic E-state index is 0.333. The van der Waals surface area contributed by atoms with E-state index in [1.807, 2.05) is 0 Å². The molecule has 0 radical (unpaired) electrons. The highest BCUT2D eigenvalue weighted by molar-refractivity contribution is 3.85. The topological polar surface area (TPSA) is 47.7 Å². The van der Waals surface area contributed by atoms with Crippen molar-refractivity contribution in [1.82, 2.24) is 0 Å². The molecule has 0 unspecified atom stereocenters. The number of hydrogen-bond acceptors (Lipinski definition) is 3. The molecule has 36 valence electrons. The highest BCUT2D eigenvalue weighted by atomic mass is 16.7. The predicted molar refractivity (Wildman–Crippen MR) is 19.0 cm³/mol. The van der Waals surface area contributed by atoms with Crippen molar-refractivity contribution >= 4 is 0 Å². The van der Waals surface area contributed by atoms with Crippen molar-refractivity contribution in [1.29, 1.82) is 0 Å². The van der Waals surface area contributed by atoms with Crippen molar-refractivity contribution < 1.29 is 9.70 Å². The van der Waals surface area contributed by atoms with Gasteiger partial charge in [-0.2, -0.15) is 0 Å². The van der Waals surface area contributed by atoms with Crippen molar-refractivity contribution in [2.45, 2.75) is 0 Å². The fraction of sp³-hybridized carbons (Fsp3) is 1.00. The van der Waals surface area contributed by atoms with Crippen molar-refractivity contribution in [2.75, 3.05) is 14.2 Å². The summed E-state index contributed by atoms with van der Waals surface area (Å²) in [6.07, 6.45) is 0. The molecule has 0 saturated heterocycles. The molecule has 0 saturated carbocycles. The molecule has 0 heterocycles. The van der Waals surface area contributed by atoms with Gasteiger partial charge in [-0.1, -0.05) is 4.86 Å². The van der Waals surface area contributed by atoms with Crippen LogP contribution in [0.1, 0.15) is 0 Å². The summed E-state index contributed by atoms with van der Waals surface area (Å²) in [4.78, 5) is 4.38. The van der Waals surface area contributed by atoms with E-state index < -0.39 is 0 Å². The van der Waals surface area contributed by atoms with Crippen LogP contribution in [0.5, 0.6) is 0 Å². The Balaban J connectivity index is 3.14. The van der Waals surface area contributed by atoms with E-state index in [2.05, 4.69) is 10.1 Å². The van der Waals surface area contributed by atoms with Gasteiger partial charge in [-0.05, 0) is 0 Å². The summed E-state index contributed by atoms with van der Waals surface area (Å²) in [6.45, 7) is 0. The Morgan fingerprint density at radius 1 is 1.83 bits per heavy atom. The molecule has 4 heteroatoms. The average Bonchev–Trinajstić information content (AvgIpc) is 1.35. The largest absolute Gasteiger partial charge is 0.598 e. The highest BCUT2D eigenvalue weighted by Crippen LogP contribution is 1.65. The van der Waals surface area contributed by atoms with E-state index in [9.17, 15) is 5.21 Å². The Morgan fingerprint density at radius 2 is 2.33 bits per heavy atom. The molecule has 0 fully saturated rings. The Labute approximate surface area is 35.6 Å². The summed E-state index contributed by atoms with van der Waals surface area (Å²) in [5.41, 5.74) is 0. The van der Waals surface area contributed by atoms with Crippen molar-refractivity contribution in [3.05, 3.63) is 5.21 Å². The number of hydrogen-bond donors (Lipinski definition) is 0. The first-order valence-electron chi connectivity index (χ1n) is 1.42. The lowest BCUT2D eigenvalue weighted by atomic mass is 11.5. The van der Waals surface area contributed by atoms with Crippen molar-refractivity contribution in [3.63, 3.8) is 0 Å². The molecule has 0 aromatic rings. The van der Waals surface area contributed by atoms with Gasteiger partial charge >= 0.3 is 0 Å². The van der Waals surface area contributed by atoms with Crippen LogP contribution in [0.4, 0.5) is 0 Å². The summed E-state index contributed by atoms with van der Waals surface area (Å²) >= 11 is 0. The van der Waals surface area contributed by atoms with Gasteiger partial charge in [0.15, 0.2) is 12.3 Å². The van der Waals surface area contributed by atoms with Gasteiger partial charge < -0.3 is 10.0 Å². The predicted octanol–water partition coefficient (Wildman–Crippen LogP) is 0.140. The number of hydroxylamine groups is 1. The van der Waals surface area contributed by atoms with Gasteiger partial charge in [-0.15, -0.1) is 0 Å². The molecule has 0 bridgehead atoms. The lowest BCUT2D eigenvalue weighted by Crippen LogP contribution is -1.87. The quantitative estimate of drug-likeness (QED) is 0.261. The third-order valence-electron chi connectivity index (χ3n) is 0.197. The highest BCUT2D eigenvalue weighted by Gasteiger charge is 1.69. The van der Waals surface area contributed by atoms with E-state index >= 15 is 0 Å². The minimum atomic E-state index is 0.333. The molecule has 0 aromatic heterocycles. The summed E-state index contributed by atoms with van der Waals surface area (Å²) < 4.78 is 0. The normalized spacial score (nSPS) is 11.3. The first kappa shape index (κ1) is 5.20. The molecule has 4 nitrogen and oxygen atoms in total. The smallest absolute Gasteiger partial charge is 0.199 e. The Kier molecular flexibility index (Phi) is 2.11. The number of nitrogens with zero attached hydrogens (tertiary/aromatic N) is 2. The van der Waals surface area contributed by atoms with Crippen LogP contribution in [0, 0.1) is 5.21 Å². The zero-order valence-electron chi connectivity index (χ0n) is 3.71. The van der Waals surface area contributed by atoms with Crippen LogP contribution < -0.4 is 0 Å². The van der Waals surface area contributed by atoms with Gasteiger partial charge in [0.1, 0.15) is 7.11 Å². The summed E-state index contributed by atoms with van der Waals surface area (Å²) in [5.74, 6) is 0. The lowest BCUT2D eigenvalue weighted by Gasteiger charge is -1.84. The van der Waals surface area contributed by atoms with Gasteiger partial charge in [-0.3, -0.25) is 0 Å². The lowest BCUT2D eigenvalue weighted by molar-refractivity contribution is -0.528. The molecule has 0 N–H and O–H groups in total. The van der Waals surface area contributed by atoms with Crippen molar-refractivity contribution in [2.24, 2.45) is 5.28 Å². The van der Waals surface area contributed by atoms with Crippen LogP contribution in [0.3, 0.4) is 0 Å². The number of rotatable bonds is 1. The van der Waals surface area contributed by atoms with E-state index in [0.717, 1.165) is 0 Å². The zero-order chi connectivity index (χ0) is 4.99. The van der Waals surface area contributed by atoms with E-state index in [1.165, 1.54) is 14.2 Å². The second-order valence-corrected chi connectivity index (χ2v) is 0.728. The molecular weight excluding hydrogens is 84.0 g/mol. The van der Waals surface area contributed by atoms with Gasteiger partial charge in [-0.25, -0.2) is 0 Å². The fourth-order valence-corrected chi connectivity index (χ4v) is 0.115. The molecule has 0 rings (SSSR count). The summed E-state index contributed by atoms with van der Waals surface area (Å²) in [5, 5.41) is 12.6. The first-order valence-corrected chi connectivity index (χ1v) is 1.42. The third kappa shape index (κ3) is 3.20. The maximum absolute atomic E-state index is 9.67. The zero-order valence-corrected chi connectivity index (χ0v) is 3.71. The van der Waals surface area contributed by atoms with Crippen molar-refractivity contribution in [3.8, 4) is 0 Å². The van der Waals surface area contributed by atoms with Gasteiger partial charge in [0.05, 0.1) is 0 Å². The van der Waals surface area contributed by atoms with Crippen LogP contribution in [-0.4, -0.2) is 19.0 Å². The minimum Gasteiger partial charge on any atom is -0.598 e. The maximum atomic E-state index is 9.67. The Hall–Kier alpha value is -0.800. The molecule has 0 aliphatic rings. The molecule has 0 atom stereocenters. The maximum Gasteiger partial charge on any atom is 0.199 e. The summed E-state index contributed by atoms with van der Waals surface area (Å²) in [7, 11) is 2.55. The molecule has 0 spiro atoms. The third-order valence-corrected chi connectivity index (χ3v) is 0.197. The fourth-order valence-electron chi connectivity index (χ4n) is 0.115. The molecule has 0 amide bonds. The van der Waals surface area contributed by atoms with E-state index in [0.29, 0.717) is 4.86 Å². The molecule has 0 aliphatic heterocycles. The SMILES string of the molecule is CON=[N+](C)[O-]. The van der Waals surface area contributed by atoms with Crippen LogP contribution in [-0.2, 0) is 4.84 Å². The second-order valence-electron chi connectivity index (χ2n) is 0.728. The van der Waals surface area contributed by atoms with Crippen LogP contribution in [0.2, 0.25) is 0 Å². The van der Waals surface area contributed by atoms with E-state index in [-0.39, 0.29) is 0 Å². The first-order chi connectivity index (χ1) is 2.77. The van der Waals surface area contributed by atoms with Gasteiger partial charge in [0.2, 0.25) is 0 Å². The Morgan fingerprint density at radius 3 is 2.33 bits per heavy atom. The van der Waals surface area contributed by atoms with Gasteiger partial charge in [0, 0.05) is 0 Å². The van der Waals surface area contributed by atoms with Gasteiger partial charge in [0.25, 0.3) is 0 Å². The monoisotopic (exact) mass is 90.0 g/mol. The summed E-state index contributed by atoms with van der Waals surface area (Å²) in [6, 6.07) is 0. The molecule has 0 aromatic carbocycles. The molecule has 0 aliphatic carbocycles. The second kappa shape index (κ2) is 2.44. The average molecular weight is 90.1 g/mol. The van der Waals surface area contributed by atoms with E-state index in [1.54, 1.807) is 0 Å². The molecular formula is C2H6N2O2. The van der Waals surface area contributed by atoms with Crippen LogP contribution in [0.15, 0.2) is 5.28 Å².